The molecule has 0 saturated carbocycles. The summed E-state index contributed by atoms with van der Waals surface area (Å²) in [6, 6.07) is 14.5. The number of nitrogens with zero attached hydrogens (tertiary/aromatic N) is 1. The highest BCUT2D eigenvalue weighted by atomic mass is 79.9. The van der Waals surface area contributed by atoms with E-state index in [2.05, 4.69) is 63.6 Å². The fourth-order valence-corrected chi connectivity index (χ4v) is 5.25. The molecule has 0 unspecified atom stereocenters. The van der Waals surface area contributed by atoms with E-state index in [0.717, 1.165) is 19.0 Å². The Kier molecular flexibility index (Phi) is 9.20. The summed E-state index contributed by atoms with van der Waals surface area (Å²) in [5, 5.41) is 5.98. The number of hydrogen-bond acceptors (Lipinski definition) is 5. The van der Waals surface area contributed by atoms with Gasteiger partial charge in [-0.15, -0.1) is 0 Å². The minimum Gasteiger partial charge on any atom is -0.496 e. The van der Waals surface area contributed by atoms with Crippen molar-refractivity contribution in [3.63, 3.8) is 0 Å². The number of amides is 2. The van der Waals surface area contributed by atoms with Crippen LogP contribution in [0.4, 0.5) is 10.1 Å². The van der Waals surface area contributed by atoms with Crippen molar-refractivity contribution >= 4 is 71.5 Å². The molecule has 176 valence electrons. The molecule has 2 N–H and O–H groups in total. The molecule has 3 aromatic rings. The van der Waals surface area contributed by atoms with Gasteiger partial charge in [0, 0.05) is 10.0 Å². The molecule has 0 spiro atoms. The van der Waals surface area contributed by atoms with Gasteiger partial charge in [-0.25, -0.2) is 9.82 Å². The molecule has 7 nitrogen and oxygen atoms in total. The average molecular weight is 658 g/mol. The molecular weight excluding hydrogens is 641 g/mol. The van der Waals surface area contributed by atoms with Gasteiger partial charge in [0.15, 0.2) is 0 Å². The van der Waals surface area contributed by atoms with E-state index >= 15 is 0 Å². The summed E-state index contributed by atoms with van der Waals surface area (Å²) in [6.45, 7) is 0.196. The van der Waals surface area contributed by atoms with Gasteiger partial charge in [0.05, 0.1) is 28.0 Å². The van der Waals surface area contributed by atoms with Gasteiger partial charge in [0.2, 0.25) is 0 Å². The largest absolute Gasteiger partial charge is 0.496 e. The molecule has 0 aromatic heterocycles. The molecule has 0 aliphatic carbocycles. The number of carbonyl (C=O) groups is 2. The van der Waals surface area contributed by atoms with Crippen molar-refractivity contribution in [1.29, 1.82) is 0 Å². The van der Waals surface area contributed by atoms with Gasteiger partial charge in [-0.1, -0.05) is 28.1 Å². The monoisotopic (exact) mass is 655 g/mol. The predicted molar refractivity (Wildman–Crippen MR) is 138 cm³/mol. The number of benzene rings is 3. The Hall–Kier alpha value is -2.76. The predicted octanol–water partition coefficient (Wildman–Crippen LogP) is 5.79. The summed E-state index contributed by atoms with van der Waals surface area (Å²) < 4.78 is 27.4. The van der Waals surface area contributed by atoms with Crippen LogP contribution in [0.3, 0.4) is 0 Å². The zero-order valence-corrected chi connectivity index (χ0v) is 22.3. The van der Waals surface area contributed by atoms with E-state index in [0.29, 0.717) is 17.1 Å². The highest BCUT2D eigenvalue weighted by Gasteiger charge is 2.15. The van der Waals surface area contributed by atoms with Gasteiger partial charge >= 0.3 is 11.8 Å². The second-order valence-corrected chi connectivity index (χ2v) is 9.32. The number of anilines is 1. The lowest BCUT2D eigenvalue weighted by Gasteiger charge is -2.13. The number of carbonyl (C=O) groups excluding carboxylic acids is 2. The van der Waals surface area contributed by atoms with Gasteiger partial charge in [-0.3, -0.25) is 9.59 Å². The summed E-state index contributed by atoms with van der Waals surface area (Å²) in [4.78, 5) is 23.9. The maximum Gasteiger partial charge on any atom is 0.329 e. The maximum absolute atomic E-state index is 13.6. The highest BCUT2D eigenvalue weighted by Crippen LogP contribution is 2.37. The van der Waals surface area contributed by atoms with E-state index in [-0.39, 0.29) is 12.3 Å². The van der Waals surface area contributed by atoms with Crippen LogP contribution in [0, 0.1) is 5.82 Å². The third kappa shape index (κ3) is 6.87. The summed E-state index contributed by atoms with van der Waals surface area (Å²) in [7, 11) is 1.55. The van der Waals surface area contributed by atoms with E-state index in [9.17, 15) is 14.0 Å². The molecule has 3 rings (SSSR count). The van der Waals surface area contributed by atoms with Crippen molar-refractivity contribution in [2.75, 3.05) is 12.4 Å². The quantitative estimate of drug-likeness (QED) is 0.191. The van der Waals surface area contributed by atoms with Crippen molar-refractivity contribution < 1.29 is 23.5 Å². The lowest BCUT2D eigenvalue weighted by atomic mass is 10.1. The van der Waals surface area contributed by atoms with Gasteiger partial charge < -0.3 is 14.8 Å². The topological polar surface area (TPSA) is 89.0 Å². The van der Waals surface area contributed by atoms with Gasteiger partial charge in [-0.05, 0) is 79.9 Å². The standard InChI is InChI=1S/C23H17Br3FN3O4/c1-33-20-7-6-13(8-14(20)12-34-21-16(25)9-15(24)10-17(21)26)11-28-30-23(32)22(31)29-19-5-3-2-4-18(19)27/h2-11H,12H2,1H3,(H,29,31)(H,30,32). The number of methoxy groups -OCH3 is 1. The van der Waals surface area contributed by atoms with Crippen molar-refractivity contribution in [1.82, 2.24) is 5.43 Å². The second kappa shape index (κ2) is 12.1. The summed E-state index contributed by atoms with van der Waals surface area (Å²) in [5.74, 6) is -1.51. The lowest BCUT2D eigenvalue weighted by molar-refractivity contribution is -0.136. The van der Waals surface area contributed by atoms with Crippen LogP contribution in [0.15, 0.2) is 73.1 Å². The number of hydrogen-bond donors (Lipinski definition) is 2. The van der Waals surface area contributed by atoms with Crippen LogP contribution in [0.5, 0.6) is 11.5 Å². The molecule has 0 fully saturated rings. The first kappa shape index (κ1) is 25.9. The molecule has 0 heterocycles. The second-order valence-electron chi connectivity index (χ2n) is 6.69. The molecule has 0 atom stereocenters. The van der Waals surface area contributed by atoms with Crippen LogP contribution >= 0.6 is 47.8 Å². The van der Waals surface area contributed by atoms with Crippen LogP contribution in [0.2, 0.25) is 0 Å². The number of nitrogens with one attached hydrogen (secondary N) is 2. The number of para-hydroxylation sites is 1. The molecule has 0 aliphatic rings. The lowest BCUT2D eigenvalue weighted by Crippen LogP contribution is -2.32. The van der Waals surface area contributed by atoms with E-state index in [1.54, 1.807) is 25.3 Å². The molecule has 3 aromatic carbocycles. The molecule has 0 bridgehead atoms. The third-order valence-electron chi connectivity index (χ3n) is 4.35. The van der Waals surface area contributed by atoms with Crippen molar-refractivity contribution in [2.24, 2.45) is 5.10 Å². The Labute approximate surface area is 220 Å². The Balaban J connectivity index is 1.65. The molecular formula is C23H17Br3FN3O4. The normalized spacial score (nSPS) is 10.7. The number of halogens is 4. The smallest absolute Gasteiger partial charge is 0.329 e. The third-order valence-corrected chi connectivity index (χ3v) is 5.98. The molecule has 11 heteroatoms. The maximum atomic E-state index is 13.6. The van der Waals surface area contributed by atoms with Crippen LogP contribution in [0.25, 0.3) is 0 Å². The zero-order valence-electron chi connectivity index (χ0n) is 17.6. The molecule has 34 heavy (non-hydrogen) atoms. The first-order valence-corrected chi connectivity index (χ1v) is 12.0. The van der Waals surface area contributed by atoms with E-state index in [4.69, 9.17) is 9.47 Å². The Morgan fingerprint density at radius 2 is 1.74 bits per heavy atom. The molecule has 0 radical (unpaired) electrons. The van der Waals surface area contributed by atoms with Crippen LogP contribution < -0.4 is 20.2 Å². The van der Waals surface area contributed by atoms with Gasteiger partial charge in [0.1, 0.15) is 23.9 Å². The fourth-order valence-electron chi connectivity index (χ4n) is 2.77. The summed E-state index contributed by atoms with van der Waals surface area (Å²) in [5.41, 5.74) is 3.37. The van der Waals surface area contributed by atoms with E-state index < -0.39 is 17.6 Å². The molecule has 0 aliphatic heterocycles. The molecule has 0 saturated heterocycles. The van der Waals surface area contributed by atoms with Gasteiger partial charge in [0.25, 0.3) is 0 Å². The average Bonchev–Trinajstić information content (AvgIpc) is 2.80. The SMILES string of the molecule is COc1ccc(C=NNC(=O)C(=O)Nc2ccccc2F)cc1COc1c(Br)cc(Br)cc1Br. The van der Waals surface area contributed by atoms with E-state index in [1.165, 1.54) is 30.5 Å². The van der Waals surface area contributed by atoms with Crippen molar-refractivity contribution in [3.05, 3.63) is 85.0 Å². The summed E-state index contributed by atoms with van der Waals surface area (Å²) in [6.07, 6.45) is 1.36. The van der Waals surface area contributed by atoms with E-state index in [1.807, 2.05) is 12.1 Å². The minimum absolute atomic E-state index is 0.101. The summed E-state index contributed by atoms with van der Waals surface area (Å²) >= 11 is 10.4. The highest BCUT2D eigenvalue weighted by molar-refractivity contribution is 9.11. The Morgan fingerprint density at radius 1 is 1.03 bits per heavy atom. The van der Waals surface area contributed by atoms with Gasteiger partial charge in [-0.2, -0.15) is 5.10 Å². The minimum atomic E-state index is -1.04. The Morgan fingerprint density at radius 3 is 2.41 bits per heavy atom. The number of hydrazone groups is 1. The molecule has 2 amide bonds. The van der Waals surface area contributed by atoms with Crippen LogP contribution in [0.1, 0.15) is 11.1 Å². The first-order chi connectivity index (χ1) is 16.3. The Bertz CT molecular complexity index is 1230. The van der Waals surface area contributed by atoms with Crippen LogP contribution in [-0.2, 0) is 16.2 Å². The van der Waals surface area contributed by atoms with Crippen molar-refractivity contribution in [2.45, 2.75) is 6.61 Å². The number of ether oxygens (including phenoxy) is 2. The first-order valence-electron chi connectivity index (χ1n) is 9.61. The number of rotatable bonds is 7. The zero-order chi connectivity index (χ0) is 24.7. The van der Waals surface area contributed by atoms with Crippen molar-refractivity contribution in [3.8, 4) is 11.5 Å². The fraction of sp³-hybridized carbons (Fsp3) is 0.0870. The van der Waals surface area contributed by atoms with Crippen LogP contribution in [-0.4, -0.2) is 25.1 Å².